The molecule has 0 atom stereocenters. The Bertz CT molecular complexity index is 1250. The van der Waals surface area contributed by atoms with E-state index in [0.29, 0.717) is 29.0 Å². The van der Waals surface area contributed by atoms with Gasteiger partial charge in [0.05, 0.1) is 24.4 Å². The number of nitrogens with one attached hydrogen (secondary N) is 1. The summed E-state index contributed by atoms with van der Waals surface area (Å²) in [6.07, 6.45) is 10.3. The highest BCUT2D eigenvalue weighted by Gasteiger charge is 2.24. The summed E-state index contributed by atoms with van der Waals surface area (Å²) in [5.41, 5.74) is 2.55. The Morgan fingerprint density at radius 3 is 2.81 bits per heavy atom. The Morgan fingerprint density at radius 2 is 2.03 bits per heavy atom. The summed E-state index contributed by atoms with van der Waals surface area (Å²) in [4.78, 5) is 8.93. The second kappa shape index (κ2) is 8.73. The van der Waals surface area contributed by atoms with Gasteiger partial charge in [-0.2, -0.15) is 4.98 Å². The summed E-state index contributed by atoms with van der Waals surface area (Å²) in [5.74, 6) is 1.29. The van der Waals surface area contributed by atoms with Crippen molar-refractivity contribution in [2.45, 2.75) is 51.5 Å². The third-order valence-corrected chi connectivity index (χ3v) is 6.51. The SMILES string of the molecule is CCCC1CCC(Nc2nc(OC)c3c(-c4ccc5ncccc5c4)c(F)cn3n2)CC1. The molecular weight excluding hydrogens is 405 g/mol. The van der Waals surface area contributed by atoms with E-state index in [2.05, 4.69) is 27.3 Å². The van der Waals surface area contributed by atoms with E-state index in [1.165, 1.54) is 36.4 Å². The van der Waals surface area contributed by atoms with Crippen molar-refractivity contribution in [3.05, 3.63) is 48.5 Å². The maximum atomic E-state index is 15.1. The molecule has 0 aliphatic heterocycles. The fourth-order valence-electron chi connectivity index (χ4n) is 4.92. The molecule has 0 saturated heterocycles. The maximum absolute atomic E-state index is 15.1. The van der Waals surface area contributed by atoms with Crippen LogP contribution in [0.15, 0.2) is 42.7 Å². The van der Waals surface area contributed by atoms with Crippen LogP contribution in [0.2, 0.25) is 0 Å². The van der Waals surface area contributed by atoms with E-state index in [0.717, 1.165) is 35.2 Å². The van der Waals surface area contributed by atoms with Crippen molar-refractivity contribution >= 4 is 22.4 Å². The first-order valence-corrected chi connectivity index (χ1v) is 11.4. The van der Waals surface area contributed by atoms with Gasteiger partial charge in [0.2, 0.25) is 11.8 Å². The van der Waals surface area contributed by atoms with Crippen LogP contribution in [0.1, 0.15) is 45.4 Å². The lowest BCUT2D eigenvalue weighted by molar-refractivity contribution is 0.318. The van der Waals surface area contributed by atoms with Crippen LogP contribution in [0.4, 0.5) is 10.3 Å². The number of halogens is 1. The monoisotopic (exact) mass is 433 g/mol. The van der Waals surface area contributed by atoms with Gasteiger partial charge in [0.1, 0.15) is 5.52 Å². The third-order valence-electron chi connectivity index (χ3n) is 6.51. The van der Waals surface area contributed by atoms with Crippen LogP contribution in [-0.2, 0) is 0 Å². The third kappa shape index (κ3) is 3.87. The zero-order valence-corrected chi connectivity index (χ0v) is 18.5. The Morgan fingerprint density at radius 1 is 1.19 bits per heavy atom. The molecule has 0 bridgehead atoms. The highest BCUT2D eigenvalue weighted by Crippen LogP contribution is 2.36. The molecule has 1 aliphatic carbocycles. The zero-order chi connectivity index (χ0) is 22.1. The molecule has 0 spiro atoms. The van der Waals surface area contributed by atoms with Crippen LogP contribution in [0.3, 0.4) is 0 Å². The summed E-state index contributed by atoms with van der Waals surface area (Å²) in [6.45, 7) is 2.25. The lowest BCUT2D eigenvalue weighted by Gasteiger charge is -2.28. The molecule has 5 rings (SSSR count). The number of benzene rings is 1. The lowest BCUT2D eigenvalue weighted by Crippen LogP contribution is -2.27. The van der Waals surface area contributed by atoms with Gasteiger partial charge in [-0.15, -0.1) is 5.10 Å². The molecule has 0 radical (unpaired) electrons. The second-order valence-corrected chi connectivity index (χ2v) is 8.65. The van der Waals surface area contributed by atoms with Gasteiger partial charge in [-0.1, -0.05) is 31.9 Å². The minimum atomic E-state index is -0.363. The molecule has 0 amide bonds. The number of anilines is 1. The molecule has 7 heteroatoms. The largest absolute Gasteiger partial charge is 0.479 e. The van der Waals surface area contributed by atoms with E-state index in [1.807, 2.05) is 30.3 Å². The Hall–Kier alpha value is -3.22. The summed E-state index contributed by atoms with van der Waals surface area (Å²) in [5, 5.41) is 8.96. The van der Waals surface area contributed by atoms with E-state index in [9.17, 15) is 0 Å². The van der Waals surface area contributed by atoms with Gasteiger partial charge in [-0.3, -0.25) is 4.98 Å². The van der Waals surface area contributed by atoms with Crippen molar-refractivity contribution in [3.63, 3.8) is 0 Å². The molecule has 1 N–H and O–H groups in total. The van der Waals surface area contributed by atoms with Crippen LogP contribution in [0.5, 0.6) is 5.88 Å². The fourth-order valence-corrected chi connectivity index (χ4v) is 4.92. The van der Waals surface area contributed by atoms with Gasteiger partial charge in [0.15, 0.2) is 5.82 Å². The minimum Gasteiger partial charge on any atom is -0.479 e. The number of rotatable bonds is 6. The van der Waals surface area contributed by atoms with Crippen LogP contribution in [0.25, 0.3) is 27.5 Å². The second-order valence-electron chi connectivity index (χ2n) is 8.65. The molecule has 6 nitrogen and oxygen atoms in total. The highest BCUT2D eigenvalue weighted by atomic mass is 19.1. The number of hydrogen-bond acceptors (Lipinski definition) is 5. The predicted octanol–water partition coefficient (Wildman–Crippen LogP) is 5.86. The topological polar surface area (TPSA) is 64.3 Å². The molecule has 1 aliphatic rings. The van der Waals surface area contributed by atoms with Gasteiger partial charge in [-0.25, -0.2) is 8.91 Å². The zero-order valence-electron chi connectivity index (χ0n) is 18.5. The van der Waals surface area contributed by atoms with Crippen molar-refractivity contribution in [2.24, 2.45) is 5.92 Å². The van der Waals surface area contributed by atoms with Crippen molar-refractivity contribution in [1.29, 1.82) is 0 Å². The maximum Gasteiger partial charge on any atom is 0.244 e. The van der Waals surface area contributed by atoms with Crippen molar-refractivity contribution < 1.29 is 9.13 Å². The average Bonchev–Trinajstić information content (AvgIpc) is 3.15. The fraction of sp³-hybridized carbons (Fsp3) is 0.400. The molecule has 4 aromatic rings. The van der Waals surface area contributed by atoms with Gasteiger partial charge in [0.25, 0.3) is 0 Å². The van der Waals surface area contributed by atoms with Crippen LogP contribution in [0, 0.1) is 11.7 Å². The smallest absolute Gasteiger partial charge is 0.244 e. The van der Waals surface area contributed by atoms with E-state index >= 15 is 4.39 Å². The van der Waals surface area contributed by atoms with Gasteiger partial charge in [0, 0.05) is 17.6 Å². The number of methoxy groups -OCH3 is 1. The molecule has 32 heavy (non-hydrogen) atoms. The van der Waals surface area contributed by atoms with E-state index in [1.54, 1.807) is 13.3 Å². The number of hydrogen-bond donors (Lipinski definition) is 1. The number of fused-ring (bicyclic) bond motifs is 2. The van der Waals surface area contributed by atoms with Gasteiger partial charge in [-0.05, 0) is 55.4 Å². The van der Waals surface area contributed by atoms with Crippen LogP contribution in [-0.4, -0.2) is 32.7 Å². The normalized spacial score (nSPS) is 18.8. The van der Waals surface area contributed by atoms with E-state index in [-0.39, 0.29) is 5.82 Å². The van der Waals surface area contributed by atoms with Crippen LogP contribution < -0.4 is 10.1 Å². The summed E-state index contributed by atoms with van der Waals surface area (Å²) in [6, 6.07) is 9.86. The first-order valence-electron chi connectivity index (χ1n) is 11.4. The molecular formula is C25H28FN5O. The molecule has 1 aromatic carbocycles. The van der Waals surface area contributed by atoms with E-state index < -0.39 is 0 Å². The molecule has 3 heterocycles. The standard InChI is InChI=1S/C25H28FN5O/c1-3-5-16-7-10-19(11-8-16)28-25-29-24(32-2)23-22(20(26)15-31(23)30-25)18-9-12-21-17(14-18)6-4-13-27-21/h4,6,9,12-16,19H,3,5,7-8,10-11H2,1-2H3,(H,28,30). The highest BCUT2D eigenvalue weighted by molar-refractivity contribution is 5.90. The van der Waals surface area contributed by atoms with Gasteiger partial charge < -0.3 is 10.1 Å². The van der Waals surface area contributed by atoms with Crippen LogP contribution >= 0.6 is 0 Å². The van der Waals surface area contributed by atoms with Crippen molar-refractivity contribution in [3.8, 4) is 17.0 Å². The average molecular weight is 434 g/mol. The minimum absolute atomic E-state index is 0.332. The molecule has 166 valence electrons. The number of nitrogens with zero attached hydrogens (tertiary/aromatic N) is 4. The Balaban J connectivity index is 1.48. The molecule has 1 fully saturated rings. The number of aromatic nitrogens is 4. The predicted molar refractivity (Wildman–Crippen MR) is 125 cm³/mol. The Kier molecular flexibility index (Phi) is 5.64. The van der Waals surface area contributed by atoms with Crippen molar-refractivity contribution in [1.82, 2.24) is 19.6 Å². The quantitative estimate of drug-likeness (QED) is 0.412. The van der Waals surface area contributed by atoms with E-state index in [4.69, 9.17) is 4.74 Å². The first-order chi connectivity index (χ1) is 15.7. The molecule has 0 unspecified atom stereocenters. The van der Waals surface area contributed by atoms with Gasteiger partial charge >= 0.3 is 0 Å². The summed E-state index contributed by atoms with van der Waals surface area (Å²) in [7, 11) is 1.56. The lowest BCUT2D eigenvalue weighted by atomic mass is 9.83. The Labute approximate surface area is 186 Å². The van der Waals surface area contributed by atoms with Crippen molar-refractivity contribution in [2.75, 3.05) is 12.4 Å². The summed E-state index contributed by atoms with van der Waals surface area (Å²) >= 11 is 0. The molecule has 1 saturated carbocycles. The molecule has 3 aromatic heterocycles. The number of ether oxygens (including phenoxy) is 1. The first kappa shape index (κ1) is 20.7. The number of pyridine rings is 1. The summed E-state index contributed by atoms with van der Waals surface area (Å²) < 4.78 is 22.2.